The first-order chi connectivity index (χ1) is 17.7. The number of carbonyl (C=O) groups is 3. The topological polar surface area (TPSA) is 113 Å². The summed E-state index contributed by atoms with van der Waals surface area (Å²) < 4.78 is 25.5. The first-order valence-corrected chi connectivity index (χ1v) is 14.8. The predicted octanol–water partition coefficient (Wildman–Crippen LogP) is 4.22. The van der Waals surface area contributed by atoms with Crippen LogP contribution in [0.3, 0.4) is 0 Å². The Labute approximate surface area is 230 Å². The van der Waals surface area contributed by atoms with Gasteiger partial charge in [0, 0.05) is 29.2 Å². The van der Waals surface area contributed by atoms with E-state index in [2.05, 4.69) is 19.2 Å². The molecule has 0 radical (unpaired) electrons. The van der Waals surface area contributed by atoms with Crippen LogP contribution in [0.4, 0.5) is 0 Å². The molecule has 1 fully saturated rings. The largest absolute Gasteiger partial charge is 0.340 e. The van der Waals surface area contributed by atoms with Crippen molar-refractivity contribution in [3.63, 3.8) is 0 Å². The molecule has 0 unspecified atom stereocenters. The quantitative estimate of drug-likeness (QED) is 0.501. The van der Waals surface area contributed by atoms with Gasteiger partial charge < -0.3 is 10.2 Å². The van der Waals surface area contributed by atoms with Gasteiger partial charge in [0.25, 0.3) is 11.8 Å². The van der Waals surface area contributed by atoms with Crippen LogP contribution in [-0.2, 0) is 14.8 Å². The van der Waals surface area contributed by atoms with Gasteiger partial charge in [-0.15, -0.1) is 0 Å². The predicted molar refractivity (Wildman–Crippen MR) is 149 cm³/mol. The summed E-state index contributed by atoms with van der Waals surface area (Å²) in [5.41, 5.74) is 1.20. The highest BCUT2D eigenvalue weighted by atomic mass is 35.5. The monoisotopic (exact) mass is 561 g/mol. The fraction of sp³-hybridized carbons (Fsp3) is 0.464. The van der Waals surface area contributed by atoms with Crippen molar-refractivity contribution in [3.05, 3.63) is 70.2 Å². The molecule has 0 saturated carbocycles. The second-order valence-electron chi connectivity index (χ2n) is 10.8. The molecule has 0 spiro atoms. The fourth-order valence-electron chi connectivity index (χ4n) is 4.87. The van der Waals surface area contributed by atoms with Crippen molar-refractivity contribution in [1.82, 2.24) is 14.9 Å². The van der Waals surface area contributed by atoms with Gasteiger partial charge in [-0.05, 0) is 66.5 Å². The van der Waals surface area contributed by atoms with Crippen LogP contribution in [0.15, 0.2) is 48.5 Å². The minimum Gasteiger partial charge on any atom is -0.340 e. The molecule has 1 aliphatic heterocycles. The van der Waals surface area contributed by atoms with Crippen LogP contribution in [0, 0.1) is 11.3 Å². The van der Waals surface area contributed by atoms with Crippen LogP contribution in [0.2, 0.25) is 5.02 Å². The molecule has 0 aliphatic carbocycles. The first kappa shape index (κ1) is 29.6. The number of sulfonamides is 1. The van der Waals surface area contributed by atoms with Crippen LogP contribution in [0.25, 0.3) is 0 Å². The van der Waals surface area contributed by atoms with Crippen LogP contribution in [-0.4, -0.2) is 55.9 Å². The molecule has 3 amide bonds. The summed E-state index contributed by atoms with van der Waals surface area (Å²) in [4.78, 5) is 40.9. The van der Waals surface area contributed by atoms with Gasteiger partial charge in [-0.1, -0.05) is 57.5 Å². The number of nitrogens with one attached hydrogen (secondary N) is 2. The third-order valence-corrected chi connectivity index (χ3v) is 8.56. The summed E-state index contributed by atoms with van der Waals surface area (Å²) in [5.74, 6) is -1.64. The third-order valence-electron chi connectivity index (χ3n) is 7.05. The maximum absolute atomic E-state index is 13.6. The smallest absolute Gasteiger partial charge is 0.264 e. The van der Waals surface area contributed by atoms with Crippen molar-refractivity contribution < 1.29 is 22.8 Å². The molecule has 1 heterocycles. The lowest BCUT2D eigenvalue weighted by Crippen LogP contribution is -2.55. The minimum absolute atomic E-state index is 0.0353. The molecule has 3 rings (SSSR count). The van der Waals surface area contributed by atoms with E-state index in [9.17, 15) is 22.8 Å². The number of likely N-dealkylation sites (tertiary alicyclic amines) is 1. The molecule has 1 aliphatic rings. The normalized spacial score (nSPS) is 18.1. The number of hydrogen-bond acceptors (Lipinski definition) is 5. The molecular weight excluding hydrogens is 526 g/mol. The second-order valence-corrected chi connectivity index (χ2v) is 13.2. The highest BCUT2D eigenvalue weighted by Gasteiger charge is 2.40. The number of hydrogen-bond donors (Lipinski definition) is 2. The summed E-state index contributed by atoms with van der Waals surface area (Å²) in [6.45, 7) is 10.6. The van der Waals surface area contributed by atoms with Crippen LogP contribution < -0.4 is 10.0 Å². The Morgan fingerprint density at radius 1 is 1.05 bits per heavy atom. The van der Waals surface area contributed by atoms with Gasteiger partial charge in [0.1, 0.15) is 6.04 Å². The molecular formula is C28H36ClN3O5S. The highest BCUT2D eigenvalue weighted by molar-refractivity contribution is 7.90. The molecule has 8 nitrogen and oxygen atoms in total. The highest BCUT2D eigenvalue weighted by Crippen LogP contribution is 2.42. The van der Waals surface area contributed by atoms with Crippen molar-refractivity contribution in [2.45, 2.75) is 53.0 Å². The minimum atomic E-state index is -3.74. The molecule has 2 aromatic rings. The number of piperidine rings is 1. The average Bonchev–Trinajstić information content (AvgIpc) is 2.86. The van der Waals surface area contributed by atoms with Gasteiger partial charge in [-0.3, -0.25) is 14.4 Å². The Balaban J connectivity index is 1.73. The summed E-state index contributed by atoms with van der Waals surface area (Å²) in [7, 11) is -3.74. The average molecular weight is 562 g/mol. The lowest BCUT2D eigenvalue weighted by Gasteiger charge is -2.45. The van der Waals surface area contributed by atoms with Gasteiger partial charge in [0.15, 0.2) is 0 Å². The van der Waals surface area contributed by atoms with Crippen molar-refractivity contribution >= 4 is 39.3 Å². The van der Waals surface area contributed by atoms with E-state index in [1.54, 1.807) is 0 Å². The summed E-state index contributed by atoms with van der Waals surface area (Å²) in [5, 5.41) is 3.52. The van der Waals surface area contributed by atoms with E-state index in [1.165, 1.54) is 36.8 Å². The van der Waals surface area contributed by atoms with Crippen molar-refractivity contribution in [2.75, 3.05) is 18.8 Å². The molecule has 1 saturated heterocycles. The number of rotatable bonds is 8. The molecule has 0 bridgehead atoms. The fourth-order valence-corrected chi connectivity index (χ4v) is 5.54. The zero-order chi connectivity index (χ0) is 28.3. The Hall–Kier alpha value is -2.91. The van der Waals surface area contributed by atoms with E-state index in [4.69, 9.17) is 11.6 Å². The molecule has 38 heavy (non-hydrogen) atoms. The number of carbonyl (C=O) groups excluding carboxylic acids is 3. The molecule has 2 atom stereocenters. The van der Waals surface area contributed by atoms with E-state index in [1.807, 2.05) is 47.7 Å². The van der Waals surface area contributed by atoms with Gasteiger partial charge >= 0.3 is 0 Å². The van der Waals surface area contributed by atoms with Crippen molar-refractivity contribution in [2.24, 2.45) is 11.3 Å². The van der Waals surface area contributed by atoms with E-state index >= 15 is 0 Å². The summed E-state index contributed by atoms with van der Waals surface area (Å²) in [6, 6.07) is 12.8. The van der Waals surface area contributed by atoms with Gasteiger partial charge in [0.2, 0.25) is 15.9 Å². The Morgan fingerprint density at radius 3 is 2.21 bits per heavy atom. The number of benzene rings is 2. The summed E-state index contributed by atoms with van der Waals surface area (Å²) >= 11 is 6.06. The Morgan fingerprint density at radius 2 is 1.66 bits per heavy atom. The van der Waals surface area contributed by atoms with Crippen LogP contribution in [0.5, 0.6) is 0 Å². The third kappa shape index (κ3) is 7.14. The van der Waals surface area contributed by atoms with E-state index in [-0.39, 0.29) is 40.0 Å². The van der Waals surface area contributed by atoms with E-state index in [0.717, 1.165) is 6.42 Å². The molecule has 0 aromatic heterocycles. The Bertz CT molecular complexity index is 1290. The van der Waals surface area contributed by atoms with E-state index < -0.39 is 27.9 Å². The maximum atomic E-state index is 13.6. The maximum Gasteiger partial charge on any atom is 0.264 e. The van der Waals surface area contributed by atoms with Crippen molar-refractivity contribution in [1.29, 1.82) is 0 Å². The van der Waals surface area contributed by atoms with E-state index in [0.29, 0.717) is 18.1 Å². The van der Waals surface area contributed by atoms with Gasteiger partial charge in [-0.2, -0.15) is 0 Å². The van der Waals surface area contributed by atoms with Crippen molar-refractivity contribution in [3.8, 4) is 0 Å². The zero-order valence-corrected chi connectivity index (χ0v) is 24.0. The summed E-state index contributed by atoms with van der Waals surface area (Å²) in [6.07, 6.45) is 0.789. The molecule has 206 valence electrons. The SMILES string of the molecule is CCS(=O)(=O)NC(=O)c1cccc(C(=O)N[C@@H](C(=O)N2CC[C@H](c3ccc(Cl)cc3)C(C)(C)C2)C(C)C)c1. The van der Waals surface area contributed by atoms with Crippen LogP contribution in [0.1, 0.15) is 73.2 Å². The van der Waals surface area contributed by atoms with Crippen LogP contribution >= 0.6 is 11.6 Å². The van der Waals surface area contributed by atoms with Gasteiger partial charge in [-0.25, -0.2) is 13.1 Å². The van der Waals surface area contributed by atoms with Gasteiger partial charge in [0.05, 0.1) is 5.75 Å². The molecule has 2 N–H and O–H groups in total. The zero-order valence-electron chi connectivity index (χ0n) is 22.5. The lowest BCUT2D eigenvalue weighted by atomic mass is 9.70. The number of halogens is 1. The Kier molecular flexibility index (Phi) is 9.26. The molecule has 2 aromatic carbocycles. The first-order valence-electron chi connectivity index (χ1n) is 12.7. The number of amides is 3. The second kappa shape index (κ2) is 11.9. The molecule has 10 heteroatoms. The standard InChI is InChI=1S/C28H36ClN3O5S/c1-6-38(36,37)31-26(34)21-9-7-8-20(16-21)25(33)30-24(18(2)3)27(35)32-15-14-23(28(4,5)17-32)19-10-12-22(29)13-11-19/h7-13,16,18,23-24H,6,14-15,17H2,1-5H3,(H,30,33)(H,31,34)/t23-,24-/m1/s1. The lowest BCUT2D eigenvalue weighted by molar-refractivity contribution is -0.137. The number of nitrogens with zero attached hydrogens (tertiary/aromatic N) is 1.